The molecule has 9 nitrogen and oxygen atoms in total. The fourth-order valence-electron chi connectivity index (χ4n) is 4.00. The maximum absolute atomic E-state index is 12.9. The highest BCUT2D eigenvalue weighted by Gasteiger charge is 2.36. The minimum atomic E-state index is -1.06. The van der Waals surface area contributed by atoms with E-state index in [0.717, 1.165) is 5.56 Å². The van der Waals surface area contributed by atoms with Crippen molar-refractivity contribution in [2.75, 3.05) is 24.6 Å². The summed E-state index contributed by atoms with van der Waals surface area (Å²) in [5.41, 5.74) is 1.80. The number of hydrogen-bond acceptors (Lipinski definition) is 6. The molecule has 1 aromatic heterocycles. The first-order chi connectivity index (χ1) is 15.5. The van der Waals surface area contributed by atoms with E-state index in [9.17, 15) is 14.4 Å². The van der Waals surface area contributed by atoms with E-state index in [1.54, 1.807) is 41.4 Å². The van der Waals surface area contributed by atoms with E-state index >= 15 is 0 Å². The van der Waals surface area contributed by atoms with Gasteiger partial charge in [0.25, 0.3) is 11.8 Å². The second kappa shape index (κ2) is 8.14. The lowest BCUT2D eigenvalue weighted by molar-refractivity contribution is -0.137. The van der Waals surface area contributed by atoms with Gasteiger partial charge in [-0.1, -0.05) is 6.07 Å². The van der Waals surface area contributed by atoms with Crippen LogP contribution in [0.5, 0.6) is 11.6 Å². The predicted octanol–water partition coefficient (Wildman–Crippen LogP) is 2.10. The Labute approximate surface area is 184 Å². The number of benzene rings is 1. The van der Waals surface area contributed by atoms with Gasteiger partial charge in [-0.25, -0.2) is 4.98 Å². The number of hydrogen-bond donors (Lipinski definition) is 1. The van der Waals surface area contributed by atoms with Crippen molar-refractivity contribution in [3.63, 3.8) is 0 Å². The SMILES string of the molecule is O=C(O)CN1Cc2ccc(N3CC[C@@H](Oc4ccc(OCC5CC5)nc4)C3=O)cc2C1=O. The number of carboxylic acids is 1. The zero-order valence-corrected chi connectivity index (χ0v) is 17.4. The van der Waals surface area contributed by atoms with E-state index < -0.39 is 12.1 Å². The Hall–Kier alpha value is -3.62. The van der Waals surface area contributed by atoms with Crippen LogP contribution in [0, 0.1) is 5.92 Å². The molecule has 32 heavy (non-hydrogen) atoms. The molecule has 3 heterocycles. The molecule has 0 bridgehead atoms. The van der Waals surface area contributed by atoms with Crippen LogP contribution in [-0.2, 0) is 16.1 Å². The van der Waals surface area contributed by atoms with E-state index in [0.29, 0.717) is 48.4 Å². The fourth-order valence-corrected chi connectivity index (χ4v) is 4.00. The van der Waals surface area contributed by atoms with E-state index in [1.807, 2.05) is 0 Å². The zero-order chi connectivity index (χ0) is 22.2. The lowest BCUT2D eigenvalue weighted by atomic mass is 10.1. The van der Waals surface area contributed by atoms with Gasteiger partial charge in [-0.2, -0.15) is 0 Å². The first-order valence-corrected chi connectivity index (χ1v) is 10.7. The number of anilines is 1. The molecule has 0 unspecified atom stereocenters. The lowest BCUT2D eigenvalue weighted by Crippen LogP contribution is -2.32. The molecule has 1 atom stereocenters. The van der Waals surface area contributed by atoms with E-state index in [-0.39, 0.29) is 24.9 Å². The first kappa shape index (κ1) is 20.3. The summed E-state index contributed by atoms with van der Waals surface area (Å²) in [6.45, 7) is 1.06. The van der Waals surface area contributed by atoms with Gasteiger partial charge in [-0.05, 0) is 42.5 Å². The molecule has 1 saturated carbocycles. The fraction of sp³-hybridized carbons (Fsp3) is 0.391. The van der Waals surface area contributed by atoms with Gasteiger partial charge in [0.15, 0.2) is 6.10 Å². The molecule has 2 aliphatic heterocycles. The van der Waals surface area contributed by atoms with Crippen LogP contribution in [-0.4, -0.2) is 58.6 Å². The number of carbonyl (C=O) groups excluding carboxylic acids is 2. The van der Waals surface area contributed by atoms with Crippen LogP contribution in [0.25, 0.3) is 0 Å². The normalized spacial score (nSPS) is 19.9. The van der Waals surface area contributed by atoms with Gasteiger partial charge < -0.3 is 24.4 Å². The Bertz CT molecular complexity index is 1070. The molecule has 0 radical (unpaired) electrons. The van der Waals surface area contributed by atoms with Crippen LogP contribution < -0.4 is 14.4 Å². The maximum atomic E-state index is 12.9. The molecule has 3 aliphatic rings. The first-order valence-electron chi connectivity index (χ1n) is 10.7. The third kappa shape index (κ3) is 4.10. The quantitative estimate of drug-likeness (QED) is 0.673. The Balaban J connectivity index is 1.23. The highest BCUT2D eigenvalue weighted by Crippen LogP contribution is 2.31. The summed E-state index contributed by atoms with van der Waals surface area (Å²) >= 11 is 0. The zero-order valence-electron chi connectivity index (χ0n) is 17.4. The molecule has 166 valence electrons. The highest BCUT2D eigenvalue weighted by atomic mass is 16.5. The summed E-state index contributed by atoms with van der Waals surface area (Å²) in [5, 5.41) is 8.98. The molecule has 2 fully saturated rings. The van der Waals surface area contributed by atoms with Gasteiger partial charge in [0.1, 0.15) is 12.3 Å². The number of rotatable bonds is 8. The smallest absolute Gasteiger partial charge is 0.323 e. The second-order valence-corrected chi connectivity index (χ2v) is 8.37. The van der Waals surface area contributed by atoms with Gasteiger partial charge in [-0.15, -0.1) is 0 Å². The van der Waals surface area contributed by atoms with Crippen LogP contribution >= 0.6 is 0 Å². The van der Waals surface area contributed by atoms with Crippen LogP contribution in [0.4, 0.5) is 5.69 Å². The summed E-state index contributed by atoms with van der Waals surface area (Å²) in [4.78, 5) is 43.5. The van der Waals surface area contributed by atoms with Crippen molar-refractivity contribution in [2.45, 2.75) is 31.9 Å². The van der Waals surface area contributed by atoms with E-state index in [2.05, 4.69) is 4.98 Å². The molecule has 2 amide bonds. The van der Waals surface area contributed by atoms with Crippen molar-refractivity contribution in [3.05, 3.63) is 47.7 Å². The minimum absolute atomic E-state index is 0.188. The summed E-state index contributed by atoms with van der Waals surface area (Å²) in [6, 6.07) is 8.70. The van der Waals surface area contributed by atoms with E-state index in [1.165, 1.54) is 17.7 Å². The van der Waals surface area contributed by atoms with Crippen molar-refractivity contribution in [1.82, 2.24) is 9.88 Å². The minimum Gasteiger partial charge on any atom is -0.480 e. The Morgan fingerprint density at radius 3 is 2.72 bits per heavy atom. The van der Waals surface area contributed by atoms with Gasteiger partial charge in [-0.3, -0.25) is 14.4 Å². The number of aliphatic carboxylic acids is 1. The Kier molecular flexibility index (Phi) is 5.16. The summed E-state index contributed by atoms with van der Waals surface area (Å²) < 4.78 is 11.5. The van der Waals surface area contributed by atoms with E-state index in [4.69, 9.17) is 14.6 Å². The number of carbonyl (C=O) groups is 3. The number of ether oxygens (including phenoxy) is 2. The van der Waals surface area contributed by atoms with Gasteiger partial charge in [0, 0.05) is 36.8 Å². The number of aromatic nitrogens is 1. The van der Waals surface area contributed by atoms with Gasteiger partial charge >= 0.3 is 5.97 Å². The maximum Gasteiger partial charge on any atom is 0.323 e. The largest absolute Gasteiger partial charge is 0.480 e. The van der Waals surface area contributed by atoms with Gasteiger partial charge in [0.05, 0.1) is 12.8 Å². The molecule has 1 N–H and O–H groups in total. The molecule has 1 aliphatic carbocycles. The number of pyridine rings is 1. The molecule has 1 aromatic carbocycles. The molecule has 1 saturated heterocycles. The number of nitrogens with zero attached hydrogens (tertiary/aromatic N) is 3. The average molecular weight is 437 g/mol. The average Bonchev–Trinajstić information content (AvgIpc) is 3.48. The summed E-state index contributed by atoms with van der Waals surface area (Å²) in [6.07, 6.45) is 3.85. The predicted molar refractivity (Wildman–Crippen MR) is 113 cm³/mol. The van der Waals surface area contributed by atoms with Crippen molar-refractivity contribution in [2.24, 2.45) is 5.92 Å². The van der Waals surface area contributed by atoms with Crippen LogP contribution in [0.3, 0.4) is 0 Å². The summed E-state index contributed by atoms with van der Waals surface area (Å²) in [5.74, 6) is 0.106. The standard InChI is InChI=1S/C23H23N3O6/c27-21(28)12-25-11-15-3-4-16(9-18(15)22(25)29)26-8-7-19(23(26)30)32-17-5-6-20(24-10-17)31-13-14-1-2-14/h3-6,9-10,14,19H,1-2,7-8,11-13H2,(H,27,28)/t19-/m1/s1. The van der Waals surface area contributed by atoms with Crippen LogP contribution in [0.15, 0.2) is 36.5 Å². The monoisotopic (exact) mass is 437 g/mol. The number of carboxylic acid groups (broad SMARTS) is 1. The lowest BCUT2D eigenvalue weighted by Gasteiger charge is -2.18. The van der Waals surface area contributed by atoms with Crippen LogP contribution in [0.1, 0.15) is 35.2 Å². The van der Waals surface area contributed by atoms with Crippen molar-refractivity contribution in [3.8, 4) is 11.6 Å². The number of amides is 2. The topological polar surface area (TPSA) is 109 Å². The van der Waals surface area contributed by atoms with Crippen LogP contribution in [0.2, 0.25) is 0 Å². The third-order valence-electron chi connectivity index (χ3n) is 5.92. The molecular weight excluding hydrogens is 414 g/mol. The molecule has 0 spiro atoms. The Morgan fingerprint density at radius 2 is 2.00 bits per heavy atom. The summed E-state index contributed by atoms with van der Waals surface area (Å²) in [7, 11) is 0. The molecule has 2 aromatic rings. The molecule has 9 heteroatoms. The molecular formula is C23H23N3O6. The second-order valence-electron chi connectivity index (χ2n) is 8.37. The number of fused-ring (bicyclic) bond motifs is 1. The highest BCUT2D eigenvalue weighted by molar-refractivity contribution is 6.03. The van der Waals surface area contributed by atoms with Crippen molar-refractivity contribution in [1.29, 1.82) is 0 Å². The van der Waals surface area contributed by atoms with Gasteiger partial charge in [0.2, 0.25) is 5.88 Å². The molecule has 5 rings (SSSR count). The van der Waals surface area contributed by atoms with Crippen molar-refractivity contribution >= 4 is 23.5 Å². The van der Waals surface area contributed by atoms with Crippen molar-refractivity contribution < 1.29 is 29.0 Å². The third-order valence-corrected chi connectivity index (χ3v) is 5.92. The Morgan fingerprint density at radius 1 is 1.16 bits per heavy atom.